The Morgan fingerprint density at radius 3 is 2.54 bits per heavy atom. The van der Waals surface area contributed by atoms with Crippen molar-refractivity contribution in [1.29, 1.82) is 0 Å². The molecule has 1 aromatic carbocycles. The number of amides is 1. The van der Waals surface area contributed by atoms with Crippen LogP contribution in [-0.4, -0.2) is 36.3 Å². The zero-order valence-electron chi connectivity index (χ0n) is 15.2. The van der Waals surface area contributed by atoms with Crippen LogP contribution in [0, 0.1) is 17.0 Å². The molecule has 0 fully saturated rings. The minimum absolute atomic E-state index is 0.00339. The summed E-state index contributed by atoms with van der Waals surface area (Å²) in [6.45, 7) is 1.33. The summed E-state index contributed by atoms with van der Waals surface area (Å²) < 4.78 is 9.86. The van der Waals surface area contributed by atoms with Gasteiger partial charge in [-0.05, 0) is 25.1 Å². The number of rotatable bonds is 9. The lowest BCUT2D eigenvalue weighted by atomic mass is 10.2. The van der Waals surface area contributed by atoms with Crippen LogP contribution in [0.3, 0.4) is 0 Å². The van der Waals surface area contributed by atoms with Gasteiger partial charge >= 0.3 is 5.97 Å². The molecule has 148 valence electrons. The third-order valence-electron chi connectivity index (χ3n) is 3.61. The van der Waals surface area contributed by atoms with Crippen LogP contribution in [0.2, 0.25) is 0 Å². The highest BCUT2D eigenvalue weighted by molar-refractivity contribution is 7.14. The van der Waals surface area contributed by atoms with Crippen molar-refractivity contribution in [2.75, 3.05) is 19.0 Å². The predicted molar refractivity (Wildman–Crippen MR) is 102 cm³/mol. The molecule has 2 aromatic rings. The Hall–Kier alpha value is -3.27. The number of hydrogen-bond acceptors (Lipinski definition) is 8. The number of hydrogen-bond donors (Lipinski definition) is 1. The summed E-state index contributed by atoms with van der Waals surface area (Å²) in [6.07, 6.45) is -0.138. The van der Waals surface area contributed by atoms with Gasteiger partial charge in [-0.15, -0.1) is 11.3 Å². The van der Waals surface area contributed by atoms with Crippen LogP contribution in [0.4, 0.5) is 11.4 Å². The lowest BCUT2D eigenvalue weighted by Gasteiger charge is -2.10. The number of nitro groups is 1. The van der Waals surface area contributed by atoms with Crippen LogP contribution in [0.15, 0.2) is 30.3 Å². The monoisotopic (exact) mass is 406 g/mol. The minimum atomic E-state index is -0.674. The van der Waals surface area contributed by atoms with Gasteiger partial charge in [-0.25, -0.2) is 0 Å². The molecule has 0 aliphatic carbocycles. The third-order valence-corrected chi connectivity index (χ3v) is 4.65. The lowest BCUT2D eigenvalue weighted by Crippen LogP contribution is -2.21. The molecule has 0 bridgehead atoms. The van der Waals surface area contributed by atoms with Crippen molar-refractivity contribution in [2.45, 2.75) is 19.8 Å². The summed E-state index contributed by atoms with van der Waals surface area (Å²) in [7, 11) is 1.31. The number of carbonyl (C=O) groups excluding carboxylic acids is 3. The number of esters is 1. The number of non-ortho nitro benzene ring substituents is 1. The molecule has 1 heterocycles. The maximum absolute atomic E-state index is 11.9. The van der Waals surface area contributed by atoms with E-state index in [2.05, 4.69) is 5.32 Å². The first kappa shape index (κ1) is 21.0. The number of nitrogens with one attached hydrogen (secondary N) is 1. The summed E-state index contributed by atoms with van der Waals surface area (Å²) in [4.78, 5) is 47.4. The lowest BCUT2D eigenvalue weighted by molar-refractivity contribution is -0.384. The fraction of sp³-hybridized carbons (Fsp3) is 0.278. The molecule has 9 nitrogen and oxygen atoms in total. The molecule has 1 amide bonds. The maximum atomic E-state index is 11.9. The number of ether oxygens (including phenoxy) is 2. The van der Waals surface area contributed by atoms with Crippen molar-refractivity contribution < 1.29 is 28.8 Å². The number of benzene rings is 1. The highest BCUT2D eigenvalue weighted by atomic mass is 32.1. The van der Waals surface area contributed by atoms with E-state index in [0.717, 1.165) is 4.88 Å². The number of Topliss-reactive ketones (excluding diaryl/α,β-unsaturated/α-hetero) is 1. The van der Waals surface area contributed by atoms with Crippen molar-refractivity contribution in [3.8, 4) is 5.75 Å². The summed E-state index contributed by atoms with van der Waals surface area (Å²) in [5.41, 5.74) is 0.0178. The largest absolute Gasteiger partial charge is 0.494 e. The molecular weight excluding hydrogens is 388 g/mol. The van der Waals surface area contributed by atoms with Crippen molar-refractivity contribution in [1.82, 2.24) is 0 Å². The van der Waals surface area contributed by atoms with Crippen LogP contribution in [0.1, 0.15) is 27.4 Å². The smallest absolute Gasteiger partial charge is 0.306 e. The zero-order chi connectivity index (χ0) is 20.7. The molecule has 0 aliphatic heterocycles. The highest BCUT2D eigenvalue weighted by Crippen LogP contribution is 2.28. The molecule has 1 aromatic heterocycles. The van der Waals surface area contributed by atoms with Crippen molar-refractivity contribution in [3.63, 3.8) is 0 Å². The number of methoxy groups -OCH3 is 1. The molecule has 2 rings (SSSR count). The number of nitrogens with zero attached hydrogens (tertiary/aromatic N) is 1. The van der Waals surface area contributed by atoms with E-state index in [-0.39, 0.29) is 35.7 Å². The van der Waals surface area contributed by atoms with Gasteiger partial charge < -0.3 is 14.8 Å². The molecule has 0 unspecified atom stereocenters. The van der Waals surface area contributed by atoms with Crippen LogP contribution >= 0.6 is 11.3 Å². The van der Waals surface area contributed by atoms with Crippen molar-refractivity contribution in [3.05, 3.63) is 50.2 Å². The van der Waals surface area contributed by atoms with E-state index >= 15 is 0 Å². The van der Waals surface area contributed by atoms with E-state index in [4.69, 9.17) is 9.47 Å². The summed E-state index contributed by atoms with van der Waals surface area (Å²) in [6, 6.07) is 7.23. The number of thiophene rings is 1. The van der Waals surface area contributed by atoms with E-state index in [1.807, 2.05) is 13.0 Å². The summed E-state index contributed by atoms with van der Waals surface area (Å²) in [5.74, 6) is -1.37. The SMILES string of the molecule is COc1cc([N+](=O)[O-])ccc1NC(=O)COC(=O)CCC(=O)c1ccc(C)s1. The standard InChI is InChI=1S/C18H18N2O7S/c1-11-3-7-16(28-11)14(21)6-8-18(23)27-10-17(22)19-13-5-4-12(20(24)25)9-15(13)26-2/h3-5,7,9H,6,8,10H2,1-2H3,(H,19,22). The van der Waals surface area contributed by atoms with Crippen molar-refractivity contribution in [2.24, 2.45) is 0 Å². The van der Waals surface area contributed by atoms with E-state index < -0.39 is 23.4 Å². The molecule has 0 saturated heterocycles. The molecule has 28 heavy (non-hydrogen) atoms. The Morgan fingerprint density at radius 2 is 1.93 bits per heavy atom. The van der Waals surface area contributed by atoms with Gasteiger partial charge in [0.25, 0.3) is 11.6 Å². The second-order valence-electron chi connectivity index (χ2n) is 5.68. The normalized spacial score (nSPS) is 10.2. The first-order valence-electron chi connectivity index (χ1n) is 8.17. The topological polar surface area (TPSA) is 125 Å². The second-order valence-corrected chi connectivity index (χ2v) is 6.97. The first-order valence-corrected chi connectivity index (χ1v) is 8.99. The van der Waals surface area contributed by atoms with Gasteiger partial charge in [0.2, 0.25) is 0 Å². The number of ketones is 1. The van der Waals surface area contributed by atoms with Gasteiger partial charge in [0.05, 0.1) is 35.1 Å². The van der Waals surface area contributed by atoms with Crippen LogP contribution in [0.25, 0.3) is 0 Å². The first-order chi connectivity index (χ1) is 13.3. The average Bonchev–Trinajstić information content (AvgIpc) is 3.11. The van der Waals surface area contributed by atoms with E-state index in [1.54, 1.807) is 6.07 Å². The van der Waals surface area contributed by atoms with Gasteiger partial charge in [0.15, 0.2) is 12.4 Å². The van der Waals surface area contributed by atoms with Gasteiger partial charge in [0.1, 0.15) is 5.75 Å². The fourth-order valence-corrected chi connectivity index (χ4v) is 3.06. The zero-order valence-corrected chi connectivity index (χ0v) is 16.0. The summed E-state index contributed by atoms with van der Waals surface area (Å²) in [5, 5.41) is 13.2. The Bertz CT molecular complexity index is 907. The van der Waals surface area contributed by atoms with Crippen molar-refractivity contribution >= 4 is 40.4 Å². The van der Waals surface area contributed by atoms with E-state index in [9.17, 15) is 24.5 Å². The number of aryl methyl sites for hydroxylation is 1. The van der Waals surface area contributed by atoms with Gasteiger partial charge in [-0.1, -0.05) is 0 Å². The second kappa shape index (κ2) is 9.60. The molecule has 10 heteroatoms. The number of carbonyl (C=O) groups is 3. The fourth-order valence-electron chi connectivity index (χ4n) is 2.22. The van der Waals surface area contributed by atoms with E-state index in [1.165, 1.54) is 36.6 Å². The summed E-state index contributed by atoms with van der Waals surface area (Å²) >= 11 is 1.35. The Morgan fingerprint density at radius 1 is 1.18 bits per heavy atom. The van der Waals surface area contributed by atoms with Gasteiger partial charge in [-0.3, -0.25) is 24.5 Å². The molecule has 0 radical (unpaired) electrons. The minimum Gasteiger partial charge on any atom is -0.494 e. The Kier molecular flexibility index (Phi) is 7.21. The Labute approximate surface area is 164 Å². The average molecular weight is 406 g/mol. The molecular formula is C18H18N2O7S. The quantitative estimate of drug-likeness (QED) is 0.293. The molecule has 0 saturated carbocycles. The van der Waals surface area contributed by atoms with Crippen LogP contribution in [-0.2, 0) is 14.3 Å². The molecule has 0 spiro atoms. The number of anilines is 1. The van der Waals surface area contributed by atoms with Gasteiger partial charge in [0, 0.05) is 17.4 Å². The Balaban J connectivity index is 1.81. The highest BCUT2D eigenvalue weighted by Gasteiger charge is 2.16. The van der Waals surface area contributed by atoms with E-state index in [0.29, 0.717) is 4.88 Å². The molecule has 0 atom stereocenters. The third kappa shape index (κ3) is 5.88. The maximum Gasteiger partial charge on any atom is 0.306 e. The van der Waals surface area contributed by atoms with Crippen LogP contribution < -0.4 is 10.1 Å². The van der Waals surface area contributed by atoms with Gasteiger partial charge in [-0.2, -0.15) is 0 Å². The molecule has 1 N–H and O–H groups in total. The number of nitro benzene ring substituents is 1. The van der Waals surface area contributed by atoms with Crippen LogP contribution in [0.5, 0.6) is 5.75 Å². The predicted octanol–water partition coefficient (Wildman–Crippen LogP) is 3.12. The molecule has 0 aliphatic rings.